The first kappa shape index (κ1) is 10.8. The topological polar surface area (TPSA) is 51.8 Å². The molecular formula is C13H15N3. The van der Waals surface area contributed by atoms with Gasteiger partial charge in [-0.2, -0.15) is 0 Å². The number of aryl methyl sites for hydroxylation is 1. The second-order valence-corrected chi connectivity index (χ2v) is 3.78. The molecular weight excluding hydrogens is 198 g/mol. The van der Waals surface area contributed by atoms with Crippen LogP contribution in [0.3, 0.4) is 0 Å². The zero-order valence-corrected chi connectivity index (χ0v) is 9.35. The van der Waals surface area contributed by atoms with Gasteiger partial charge in [0.15, 0.2) is 0 Å². The summed E-state index contributed by atoms with van der Waals surface area (Å²) in [6.45, 7) is 2.65. The van der Waals surface area contributed by atoms with Crippen molar-refractivity contribution in [3.05, 3.63) is 47.9 Å². The van der Waals surface area contributed by atoms with Crippen molar-refractivity contribution in [1.82, 2.24) is 9.97 Å². The molecule has 0 atom stereocenters. The van der Waals surface area contributed by atoms with E-state index in [1.807, 2.05) is 13.0 Å². The Balaban J connectivity index is 2.27. The van der Waals surface area contributed by atoms with Crippen LogP contribution in [-0.2, 0) is 6.42 Å². The molecule has 1 heterocycles. The van der Waals surface area contributed by atoms with Crippen molar-refractivity contribution in [2.75, 3.05) is 6.54 Å². The molecule has 2 rings (SSSR count). The van der Waals surface area contributed by atoms with Crippen molar-refractivity contribution in [1.29, 1.82) is 0 Å². The van der Waals surface area contributed by atoms with E-state index in [0.29, 0.717) is 6.54 Å². The summed E-state index contributed by atoms with van der Waals surface area (Å²) in [6.07, 6.45) is 2.52. The molecule has 0 amide bonds. The third-order valence-corrected chi connectivity index (χ3v) is 2.49. The van der Waals surface area contributed by atoms with Crippen LogP contribution >= 0.6 is 0 Å². The number of rotatable bonds is 3. The van der Waals surface area contributed by atoms with Crippen molar-refractivity contribution in [3.8, 4) is 11.3 Å². The van der Waals surface area contributed by atoms with E-state index in [1.54, 1.807) is 6.33 Å². The third kappa shape index (κ3) is 2.44. The number of hydrogen-bond donors (Lipinski definition) is 1. The largest absolute Gasteiger partial charge is 0.330 e. The van der Waals surface area contributed by atoms with Gasteiger partial charge in [-0.1, -0.05) is 24.3 Å². The highest BCUT2D eigenvalue weighted by atomic mass is 14.8. The molecule has 2 aromatic rings. The summed E-state index contributed by atoms with van der Waals surface area (Å²) < 4.78 is 0. The molecule has 0 aliphatic rings. The van der Waals surface area contributed by atoms with Gasteiger partial charge in [0.1, 0.15) is 6.33 Å². The summed E-state index contributed by atoms with van der Waals surface area (Å²) in [7, 11) is 0. The highest BCUT2D eigenvalue weighted by molar-refractivity contribution is 5.59. The fraction of sp³-hybridized carbons (Fsp3) is 0.231. The van der Waals surface area contributed by atoms with Crippen molar-refractivity contribution in [2.45, 2.75) is 13.3 Å². The molecule has 1 aromatic heterocycles. The van der Waals surface area contributed by atoms with E-state index in [0.717, 1.165) is 23.4 Å². The van der Waals surface area contributed by atoms with Crippen LogP contribution in [0.5, 0.6) is 0 Å². The summed E-state index contributed by atoms with van der Waals surface area (Å²) in [5.41, 5.74) is 9.83. The van der Waals surface area contributed by atoms with Gasteiger partial charge in [0.05, 0.1) is 5.69 Å². The Morgan fingerprint density at radius 1 is 1.12 bits per heavy atom. The average molecular weight is 213 g/mol. The lowest BCUT2D eigenvalue weighted by atomic mass is 10.1. The molecule has 0 radical (unpaired) electrons. The Bertz CT molecular complexity index is 463. The smallest absolute Gasteiger partial charge is 0.116 e. The number of nitrogens with two attached hydrogens (primary N) is 1. The fourth-order valence-corrected chi connectivity index (χ4v) is 1.62. The first-order chi connectivity index (χ1) is 7.79. The predicted octanol–water partition coefficient (Wildman–Crippen LogP) is 1.95. The van der Waals surface area contributed by atoms with Gasteiger partial charge in [-0.3, -0.25) is 0 Å². The van der Waals surface area contributed by atoms with E-state index in [4.69, 9.17) is 5.73 Å². The lowest BCUT2D eigenvalue weighted by molar-refractivity contribution is 0.969. The molecule has 0 aliphatic heterocycles. The number of hydrogen-bond acceptors (Lipinski definition) is 3. The van der Waals surface area contributed by atoms with Crippen LogP contribution in [0, 0.1) is 6.92 Å². The zero-order chi connectivity index (χ0) is 11.4. The van der Waals surface area contributed by atoms with Gasteiger partial charge in [0, 0.05) is 11.3 Å². The van der Waals surface area contributed by atoms with E-state index in [1.165, 1.54) is 5.56 Å². The van der Waals surface area contributed by atoms with Crippen molar-refractivity contribution in [3.63, 3.8) is 0 Å². The SMILES string of the molecule is Cc1cc(-c2ccc(CCN)cc2)ncn1. The summed E-state index contributed by atoms with van der Waals surface area (Å²) in [5.74, 6) is 0. The summed E-state index contributed by atoms with van der Waals surface area (Å²) in [4.78, 5) is 8.33. The van der Waals surface area contributed by atoms with Crippen molar-refractivity contribution < 1.29 is 0 Å². The number of aromatic nitrogens is 2. The van der Waals surface area contributed by atoms with Crippen LogP contribution in [0.25, 0.3) is 11.3 Å². The Morgan fingerprint density at radius 3 is 2.50 bits per heavy atom. The van der Waals surface area contributed by atoms with E-state index < -0.39 is 0 Å². The molecule has 16 heavy (non-hydrogen) atoms. The van der Waals surface area contributed by atoms with Crippen LogP contribution in [0.15, 0.2) is 36.7 Å². The molecule has 2 N–H and O–H groups in total. The highest BCUT2D eigenvalue weighted by Gasteiger charge is 1.99. The molecule has 3 nitrogen and oxygen atoms in total. The van der Waals surface area contributed by atoms with E-state index in [2.05, 4.69) is 34.2 Å². The molecule has 0 saturated carbocycles. The summed E-state index contributed by atoms with van der Waals surface area (Å²) in [6, 6.07) is 10.3. The second kappa shape index (κ2) is 4.86. The minimum atomic E-state index is 0.686. The molecule has 0 fully saturated rings. The van der Waals surface area contributed by atoms with Crippen molar-refractivity contribution >= 4 is 0 Å². The van der Waals surface area contributed by atoms with Gasteiger partial charge in [-0.15, -0.1) is 0 Å². The Hall–Kier alpha value is -1.74. The first-order valence-corrected chi connectivity index (χ1v) is 5.37. The minimum absolute atomic E-state index is 0.686. The molecule has 3 heteroatoms. The highest BCUT2D eigenvalue weighted by Crippen LogP contribution is 2.17. The fourth-order valence-electron chi connectivity index (χ4n) is 1.62. The van der Waals surface area contributed by atoms with Gasteiger partial charge in [0.2, 0.25) is 0 Å². The lowest BCUT2D eigenvalue weighted by Crippen LogP contribution is -2.02. The van der Waals surface area contributed by atoms with Gasteiger partial charge in [0.25, 0.3) is 0 Å². The molecule has 0 unspecified atom stereocenters. The standard InChI is InChI=1S/C13H15N3/c1-10-8-13(16-9-15-10)12-4-2-11(3-5-12)6-7-14/h2-5,8-9H,6-7,14H2,1H3. The molecule has 1 aromatic carbocycles. The van der Waals surface area contributed by atoms with Crippen LogP contribution in [0.1, 0.15) is 11.3 Å². The van der Waals surface area contributed by atoms with Crippen LogP contribution < -0.4 is 5.73 Å². The van der Waals surface area contributed by atoms with Gasteiger partial charge >= 0.3 is 0 Å². The van der Waals surface area contributed by atoms with Crippen LogP contribution in [-0.4, -0.2) is 16.5 Å². The van der Waals surface area contributed by atoms with Crippen LogP contribution in [0.4, 0.5) is 0 Å². The lowest BCUT2D eigenvalue weighted by Gasteiger charge is -2.03. The minimum Gasteiger partial charge on any atom is -0.330 e. The maximum absolute atomic E-state index is 5.51. The van der Waals surface area contributed by atoms with Gasteiger partial charge < -0.3 is 5.73 Å². The molecule has 0 saturated heterocycles. The normalized spacial score (nSPS) is 10.4. The second-order valence-electron chi connectivity index (χ2n) is 3.78. The van der Waals surface area contributed by atoms with Gasteiger partial charge in [-0.05, 0) is 31.5 Å². The van der Waals surface area contributed by atoms with E-state index in [-0.39, 0.29) is 0 Å². The predicted molar refractivity (Wildman–Crippen MR) is 65.0 cm³/mol. The quantitative estimate of drug-likeness (QED) is 0.847. The Kier molecular flexibility index (Phi) is 3.27. The maximum Gasteiger partial charge on any atom is 0.116 e. The third-order valence-electron chi connectivity index (χ3n) is 2.49. The summed E-state index contributed by atoms with van der Waals surface area (Å²) >= 11 is 0. The Morgan fingerprint density at radius 2 is 1.88 bits per heavy atom. The first-order valence-electron chi connectivity index (χ1n) is 5.37. The van der Waals surface area contributed by atoms with E-state index >= 15 is 0 Å². The molecule has 0 spiro atoms. The van der Waals surface area contributed by atoms with Crippen LogP contribution in [0.2, 0.25) is 0 Å². The number of benzene rings is 1. The van der Waals surface area contributed by atoms with Gasteiger partial charge in [-0.25, -0.2) is 9.97 Å². The van der Waals surface area contributed by atoms with E-state index in [9.17, 15) is 0 Å². The van der Waals surface area contributed by atoms with Crippen molar-refractivity contribution in [2.24, 2.45) is 5.73 Å². The number of nitrogens with zero attached hydrogens (tertiary/aromatic N) is 2. The Labute approximate surface area is 95.4 Å². The molecule has 0 aliphatic carbocycles. The molecule has 82 valence electrons. The molecule has 0 bridgehead atoms. The monoisotopic (exact) mass is 213 g/mol. The summed E-state index contributed by atoms with van der Waals surface area (Å²) in [5, 5.41) is 0. The average Bonchev–Trinajstić information content (AvgIpc) is 2.30. The maximum atomic E-state index is 5.51. The zero-order valence-electron chi connectivity index (χ0n) is 9.35.